The van der Waals surface area contributed by atoms with Crippen LogP contribution in [0.25, 0.3) is 0 Å². The molecule has 2 nitrogen and oxygen atoms in total. The third-order valence-electron chi connectivity index (χ3n) is 0.558. The first-order chi connectivity index (χ1) is 2.89. The van der Waals surface area contributed by atoms with Gasteiger partial charge < -0.3 is 0 Å². The zero-order valence-electron chi connectivity index (χ0n) is 3.31. The van der Waals surface area contributed by atoms with Gasteiger partial charge in [0.15, 0.2) is 0 Å². The molecular weight excluding hydrogens is 129 g/mol. The first-order valence-corrected chi connectivity index (χ1v) is 3.20. The summed E-state index contributed by atoms with van der Waals surface area (Å²) in [6.45, 7) is 0. The van der Waals surface area contributed by atoms with Crippen LogP contribution in [0.4, 0.5) is 0 Å². The fourth-order valence-corrected chi connectivity index (χ4v) is 0.730. The van der Waals surface area contributed by atoms with E-state index in [0.29, 0.717) is 0 Å². The summed E-state index contributed by atoms with van der Waals surface area (Å²) in [4.78, 5) is 0. The molecular formula is C3H3N2Zn. The molecule has 0 aliphatic rings. The van der Waals surface area contributed by atoms with Gasteiger partial charge in [0.1, 0.15) is 0 Å². The number of aromatic amines is 1. The van der Waals surface area contributed by atoms with E-state index < -0.39 is 0 Å². The van der Waals surface area contributed by atoms with Crippen molar-refractivity contribution < 1.29 is 18.3 Å². The molecule has 6 heavy (non-hydrogen) atoms. The van der Waals surface area contributed by atoms with Gasteiger partial charge in [0.25, 0.3) is 0 Å². The summed E-state index contributed by atoms with van der Waals surface area (Å²) in [5.41, 5.74) is 0. The molecule has 1 heterocycles. The molecule has 0 saturated heterocycles. The molecule has 1 N–H and O–H groups in total. The van der Waals surface area contributed by atoms with Crippen molar-refractivity contribution >= 4 is 4.29 Å². The van der Waals surface area contributed by atoms with Gasteiger partial charge in [0.2, 0.25) is 0 Å². The number of rotatable bonds is 0. The standard InChI is InChI=1S/C3H3N2.Zn/c1-2-4-5-3-1;/h1-2H,(H,4,5);. The summed E-state index contributed by atoms with van der Waals surface area (Å²) in [6.07, 6.45) is 1.83. The second-order valence-corrected chi connectivity index (χ2v) is 2.59. The zero-order valence-corrected chi connectivity index (χ0v) is 6.28. The number of aromatic nitrogens is 2. The van der Waals surface area contributed by atoms with Gasteiger partial charge in [-0.1, -0.05) is 0 Å². The van der Waals surface area contributed by atoms with Crippen LogP contribution in [0.5, 0.6) is 0 Å². The van der Waals surface area contributed by atoms with Gasteiger partial charge in [0.05, 0.1) is 0 Å². The Morgan fingerprint density at radius 3 is 2.83 bits per heavy atom. The summed E-state index contributed by atoms with van der Waals surface area (Å²) in [5.74, 6) is 0. The molecule has 27 valence electrons. The van der Waals surface area contributed by atoms with Crippen LogP contribution in [0.15, 0.2) is 12.3 Å². The van der Waals surface area contributed by atoms with Gasteiger partial charge >= 0.3 is 45.1 Å². The molecule has 0 bridgehead atoms. The third-order valence-corrected chi connectivity index (χ3v) is 1.38. The first-order valence-electron chi connectivity index (χ1n) is 1.71. The van der Waals surface area contributed by atoms with E-state index in [1.54, 1.807) is 0 Å². The average Bonchev–Trinajstić information content (AvgIpc) is 1.86. The average molecular weight is 132 g/mol. The molecule has 0 radical (unpaired) electrons. The Labute approximate surface area is 45.6 Å². The fourth-order valence-electron chi connectivity index (χ4n) is 0.291. The van der Waals surface area contributed by atoms with Crippen molar-refractivity contribution in [2.24, 2.45) is 0 Å². The van der Waals surface area contributed by atoms with Crippen LogP contribution in [0, 0.1) is 0 Å². The molecule has 1 aromatic heterocycles. The minimum atomic E-state index is 1.14. The molecule has 0 fully saturated rings. The van der Waals surface area contributed by atoms with Crippen molar-refractivity contribution in [2.75, 3.05) is 0 Å². The van der Waals surface area contributed by atoms with Crippen molar-refractivity contribution in [2.45, 2.75) is 0 Å². The summed E-state index contributed by atoms with van der Waals surface area (Å²) in [6, 6.07) is 1.97. The Kier molecular flexibility index (Phi) is 1.02. The Hall–Kier alpha value is -0.167. The molecule has 3 heteroatoms. The molecule has 0 atom stereocenters. The van der Waals surface area contributed by atoms with Crippen LogP contribution in [0.2, 0.25) is 0 Å². The maximum absolute atomic E-state index is 3.85. The molecule has 0 saturated carbocycles. The zero-order chi connectivity index (χ0) is 4.41. The molecule has 0 aliphatic heterocycles. The van der Waals surface area contributed by atoms with Crippen LogP contribution in [-0.4, -0.2) is 10.2 Å². The van der Waals surface area contributed by atoms with E-state index in [4.69, 9.17) is 0 Å². The Morgan fingerprint density at radius 2 is 2.67 bits per heavy atom. The summed E-state index contributed by atoms with van der Waals surface area (Å²) >= 11 is 1.14. The van der Waals surface area contributed by atoms with Gasteiger partial charge in [-0.05, 0) is 0 Å². The van der Waals surface area contributed by atoms with Crippen molar-refractivity contribution in [3.05, 3.63) is 12.3 Å². The number of hydrogen-bond donors (Lipinski definition) is 1. The quantitative estimate of drug-likeness (QED) is 0.478. The van der Waals surface area contributed by atoms with Gasteiger partial charge in [-0.25, -0.2) is 0 Å². The SMILES string of the molecule is [Zn][c]1cc[nH]n1. The van der Waals surface area contributed by atoms with Gasteiger partial charge in [-0.2, -0.15) is 0 Å². The predicted molar refractivity (Wildman–Crippen MR) is 18.2 cm³/mol. The Balaban J connectivity index is 3.05. The fraction of sp³-hybridized carbons (Fsp3) is 0. The van der Waals surface area contributed by atoms with Crippen molar-refractivity contribution in [1.82, 2.24) is 10.2 Å². The van der Waals surface area contributed by atoms with E-state index in [1.807, 2.05) is 12.3 Å². The van der Waals surface area contributed by atoms with E-state index in [2.05, 4.69) is 10.2 Å². The predicted octanol–water partition coefficient (Wildman–Crippen LogP) is -0.418. The molecule has 1 rings (SSSR count). The van der Waals surface area contributed by atoms with Crippen molar-refractivity contribution in [3.8, 4) is 0 Å². The summed E-state index contributed by atoms with van der Waals surface area (Å²) in [5, 5.41) is 6.56. The Bertz CT molecular complexity index is 112. The first kappa shape index (κ1) is 4.00. The normalized spacial score (nSPS) is 9.00. The molecule has 0 aromatic carbocycles. The van der Waals surface area contributed by atoms with Crippen molar-refractivity contribution in [1.29, 1.82) is 0 Å². The second-order valence-electron chi connectivity index (χ2n) is 1.07. The number of H-pyrrole nitrogens is 1. The summed E-state index contributed by atoms with van der Waals surface area (Å²) < 4.78 is 1.16. The van der Waals surface area contributed by atoms with Crippen LogP contribution >= 0.6 is 0 Å². The summed E-state index contributed by atoms with van der Waals surface area (Å²) in [7, 11) is 0. The molecule has 0 unspecified atom stereocenters. The topological polar surface area (TPSA) is 28.7 Å². The van der Waals surface area contributed by atoms with Crippen LogP contribution in [-0.2, 0) is 18.3 Å². The van der Waals surface area contributed by atoms with Gasteiger partial charge in [0, 0.05) is 0 Å². The van der Waals surface area contributed by atoms with E-state index in [9.17, 15) is 0 Å². The monoisotopic (exact) mass is 131 g/mol. The van der Waals surface area contributed by atoms with Gasteiger partial charge in [-0.3, -0.25) is 0 Å². The van der Waals surface area contributed by atoms with Crippen LogP contribution < -0.4 is 4.29 Å². The van der Waals surface area contributed by atoms with E-state index >= 15 is 0 Å². The van der Waals surface area contributed by atoms with E-state index in [0.717, 1.165) is 22.6 Å². The molecule has 0 amide bonds. The molecule has 0 spiro atoms. The minimum absolute atomic E-state index is 1.14. The number of nitrogens with zero attached hydrogens (tertiary/aromatic N) is 1. The maximum atomic E-state index is 3.85. The molecule has 0 aliphatic carbocycles. The Morgan fingerprint density at radius 1 is 1.83 bits per heavy atom. The van der Waals surface area contributed by atoms with Crippen molar-refractivity contribution in [3.63, 3.8) is 0 Å². The van der Waals surface area contributed by atoms with Crippen LogP contribution in [0.3, 0.4) is 0 Å². The second kappa shape index (κ2) is 1.52. The van der Waals surface area contributed by atoms with Crippen LogP contribution in [0.1, 0.15) is 0 Å². The number of hydrogen-bond acceptors (Lipinski definition) is 1. The van der Waals surface area contributed by atoms with E-state index in [-0.39, 0.29) is 0 Å². The number of nitrogens with one attached hydrogen (secondary N) is 1. The molecule has 1 aromatic rings. The third kappa shape index (κ3) is 0.659. The van der Waals surface area contributed by atoms with E-state index in [1.165, 1.54) is 0 Å². The van der Waals surface area contributed by atoms with Gasteiger partial charge in [-0.15, -0.1) is 0 Å².